The molecule has 0 bridgehead atoms. The van der Waals surface area contributed by atoms with Gasteiger partial charge in [0.1, 0.15) is 16.9 Å². The van der Waals surface area contributed by atoms with E-state index in [1.165, 1.54) is 25.3 Å². The van der Waals surface area contributed by atoms with Crippen molar-refractivity contribution in [3.63, 3.8) is 0 Å². The predicted octanol–water partition coefficient (Wildman–Crippen LogP) is 1.81. The molecule has 2 atom stereocenters. The monoisotopic (exact) mass is 539 g/mol. The van der Waals surface area contributed by atoms with Crippen molar-refractivity contribution in [3.8, 4) is 17.4 Å². The van der Waals surface area contributed by atoms with Crippen LogP contribution < -0.4 is 26.6 Å². The molecule has 4 rings (SSSR count). The predicted molar refractivity (Wildman–Crippen MR) is 142 cm³/mol. The summed E-state index contributed by atoms with van der Waals surface area (Å²) in [6.07, 6.45) is -0.134. The van der Waals surface area contributed by atoms with Crippen LogP contribution in [-0.2, 0) is 9.59 Å². The van der Waals surface area contributed by atoms with Gasteiger partial charge in [-0.3, -0.25) is 24.4 Å². The number of anilines is 1. The van der Waals surface area contributed by atoms with Gasteiger partial charge in [-0.25, -0.2) is 9.79 Å². The molecule has 3 aromatic rings. The molecule has 0 saturated carbocycles. The molecule has 12 nitrogen and oxygen atoms in total. The summed E-state index contributed by atoms with van der Waals surface area (Å²) in [7, 11) is 1.34. The molecule has 1 aliphatic heterocycles. The number of aryl methyl sites for hydroxylation is 2. The summed E-state index contributed by atoms with van der Waals surface area (Å²) < 4.78 is 5.14. The summed E-state index contributed by atoms with van der Waals surface area (Å²) in [4.78, 5) is 58.1. The quantitative estimate of drug-likeness (QED) is 0.262. The number of aliphatic imine (C=N–C) groups is 1. The molecule has 13 heteroatoms. The van der Waals surface area contributed by atoms with Crippen LogP contribution in [-0.4, -0.2) is 49.5 Å². The minimum Gasteiger partial charge on any atom is -0.504 e. The van der Waals surface area contributed by atoms with Gasteiger partial charge < -0.3 is 25.6 Å². The van der Waals surface area contributed by atoms with Crippen LogP contribution in [0.1, 0.15) is 34.7 Å². The second-order valence-corrected chi connectivity index (χ2v) is 9.78. The van der Waals surface area contributed by atoms with Gasteiger partial charge in [0, 0.05) is 12.1 Å². The molecule has 38 heavy (non-hydrogen) atoms. The number of rotatable bonds is 7. The van der Waals surface area contributed by atoms with Crippen molar-refractivity contribution >= 4 is 34.4 Å². The number of ether oxygens (including phenoxy) is 1. The van der Waals surface area contributed by atoms with E-state index < -0.39 is 34.3 Å². The van der Waals surface area contributed by atoms with Gasteiger partial charge in [0.25, 0.3) is 5.56 Å². The number of hydrogen-bond acceptors (Lipinski definition) is 9. The lowest BCUT2D eigenvalue weighted by Gasteiger charge is -2.16. The average Bonchev–Trinajstić information content (AvgIpc) is 3.18. The number of phenols is 1. The summed E-state index contributed by atoms with van der Waals surface area (Å²) in [6, 6.07) is 8.47. The third-order valence-corrected chi connectivity index (χ3v) is 7.03. The molecule has 0 radical (unpaired) electrons. The van der Waals surface area contributed by atoms with Crippen LogP contribution in [0.5, 0.6) is 17.4 Å². The molecule has 2 amide bonds. The SMILES string of the molecule is COc1cc([C@H](N=C2NC(=O)[C@@H](CC(=O)Nc3ccc(C)c(C)c3)S2)c2c(O)[nH]c(=O)[nH]c2=O)ccc1O. The molecule has 6 N–H and O–H groups in total. The molecule has 1 aliphatic rings. The van der Waals surface area contributed by atoms with E-state index >= 15 is 0 Å². The highest BCUT2D eigenvalue weighted by molar-refractivity contribution is 8.15. The molecular weight excluding hydrogens is 514 g/mol. The van der Waals surface area contributed by atoms with Gasteiger partial charge in [0.05, 0.1) is 7.11 Å². The van der Waals surface area contributed by atoms with Crippen LogP contribution in [0.3, 0.4) is 0 Å². The lowest BCUT2D eigenvalue weighted by atomic mass is 10.0. The van der Waals surface area contributed by atoms with Gasteiger partial charge >= 0.3 is 5.69 Å². The second-order valence-electron chi connectivity index (χ2n) is 8.59. The topological polar surface area (TPSA) is 186 Å². The number of aromatic hydroxyl groups is 2. The zero-order valence-electron chi connectivity index (χ0n) is 20.6. The lowest BCUT2D eigenvalue weighted by molar-refractivity contribution is -0.122. The zero-order chi connectivity index (χ0) is 27.6. The number of phenolic OH excluding ortho intramolecular Hbond substituents is 1. The van der Waals surface area contributed by atoms with Crippen molar-refractivity contribution in [1.29, 1.82) is 0 Å². The highest BCUT2D eigenvalue weighted by atomic mass is 32.2. The maximum atomic E-state index is 12.6. The van der Waals surface area contributed by atoms with Crippen LogP contribution in [0.2, 0.25) is 0 Å². The number of aromatic amines is 2. The van der Waals surface area contributed by atoms with Crippen molar-refractivity contribution < 1.29 is 24.5 Å². The number of H-pyrrole nitrogens is 2. The van der Waals surface area contributed by atoms with E-state index in [-0.39, 0.29) is 34.6 Å². The summed E-state index contributed by atoms with van der Waals surface area (Å²) in [5, 5.41) is 25.0. The number of aromatic nitrogens is 2. The van der Waals surface area contributed by atoms with Crippen molar-refractivity contribution in [3.05, 3.63) is 79.5 Å². The number of methoxy groups -OCH3 is 1. The van der Waals surface area contributed by atoms with E-state index in [1.807, 2.05) is 31.0 Å². The van der Waals surface area contributed by atoms with Gasteiger partial charge in [-0.15, -0.1) is 0 Å². The van der Waals surface area contributed by atoms with Crippen LogP contribution in [0.4, 0.5) is 5.69 Å². The largest absolute Gasteiger partial charge is 0.504 e. The molecule has 0 unspecified atom stereocenters. The molecular formula is C25H25N5O7S. The Morgan fingerprint density at radius 2 is 1.87 bits per heavy atom. The van der Waals surface area contributed by atoms with Crippen LogP contribution in [0.15, 0.2) is 51.0 Å². The Kier molecular flexibility index (Phi) is 7.57. The standard InChI is InChI=1S/C25H25N5O7S/c1-11-4-6-14(8-12(11)2)26-18(32)10-17-21(33)30-25(38-17)27-20(13-5-7-15(31)16(9-13)37-3)19-22(34)28-24(36)29-23(19)35/h4-9,17,20,31H,10H2,1-3H3,(H,26,32)(H,27,30,33)(H3,28,29,34,35,36)/t17-,20+/m1/s1. The van der Waals surface area contributed by atoms with E-state index in [1.54, 1.807) is 6.07 Å². The maximum absolute atomic E-state index is 12.6. The van der Waals surface area contributed by atoms with Crippen molar-refractivity contribution in [2.24, 2.45) is 4.99 Å². The normalized spacial score (nSPS) is 16.8. The highest BCUT2D eigenvalue weighted by Crippen LogP contribution is 2.36. The summed E-state index contributed by atoms with van der Waals surface area (Å²) in [5.74, 6) is -1.61. The fourth-order valence-electron chi connectivity index (χ4n) is 3.83. The second kappa shape index (κ2) is 10.8. The molecule has 2 heterocycles. The first kappa shape index (κ1) is 26.5. The Morgan fingerprint density at radius 1 is 1.11 bits per heavy atom. The first-order valence-corrected chi connectivity index (χ1v) is 12.3. The van der Waals surface area contributed by atoms with Gasteiger partial charge in [-0.05, 0) is 54.8 Å². The van der Waals surface area contributed by atoms with E-state index in [0.29, 0.717) is 11.3 Å². The molecule has 0 spiro atoms. The fourth-order valence-corrected chi connectivity index (χ4v) is 4.82. The minimum atomic E-state index is -1.21. The van der Waals surface area contributed by atoms with E-state index in [4.69, 9.17) is 4.74 Å². The Balaban J connectivity index is 1.62. The number of nitrogens with one attached hydrogen (secondary N) is 4. The lowest BCUT2D eigenvalue weighted by Crippen LogP contribution is -2.29. The number of nitrogens with zero attached hydrogens (tertiary/aromatic N) is 1. The van der Waals surface area contributed by atoms with Gasteiger partial charge in [0.15, 0.2) is 16.7 Å². The summed E-state index contributed by atoms with van der Waals surface area (Å²) in [5.41, 5.74) is 0.923. The summed E-state index contributed by atoms with van der Waals surface area (Å²) >= 11 is 0.991. The molecule has 0 aliphatic carbocycles. The van der Waals surface area contributed by atoms with E-state index in [0.717, 1.165) is 22.9 Å². The maximum Gasteiger partial charge on any atom is 0.328 e. The molecule has 198 valence electrons. The van der Waals surface area contributed by atoms with Crippen molar-refractivity contribution in [2.75, 3.05) is 12.4 Å². The minimum absolute atomic E-state index is 0.0806. The number of carbonyl (C=O) groups is 2. The number of benzene rings is 2. The van der Waals surface area contributed by atoms with Gasteiger partial charge in [-0.2, -0.15) is 0 Å². The number of amides is 2. The Hall–Kier alpha value is -4.52. The first-order valence-electron chi connectivity index (χ1n) is 11.4. The van der Waals surface area contributed by atoms with E-state index in [9.17, 15) is 29.4 Å². The molecule has 1 fully saturated rings. The number of carbonyl (C=O) groups excluding carboxylic acids is 2. The Labute approximate surface area is 220 Å². The van der Waals surface area contributed by atoms with Gasteiger partial charge in [0.2, 0.25) is 17.7 Å². The Morgan fingerprint density at radius 3 is 2.55 bits per heavy atom. The number of amidine groups is 1. The van der Waals surface area contributed by atoms with Gasteiger partial charge in [-0.1, -0.05) is 23.9 Å². The van der Waals surface area contributed by atoms with Crippen LogP contribution >= 0.6 is 11.8 Å². The molecule has 1 saturated heterocycles. The fraction of sp³-hybridized carbons (Fsp3) is 0.240. The van der Waals surface area contributed by atoms with E-state index in [2.05, 4.69) is 20.6 Å². The van der Waals surface area contributed by atoms with Crippen LogP contribution in [0.25, 0.3) is 0 Å². The zero-order valence-corrected chi connectivity index (χ0v) is 21.4. The average molecular weight is 540 g/mol. The molecule has 2 aromatic carbocycles. The third kappa shape index (κ3) is 5.72. The van der Waals surface area contributed by atoms with Crippen LogP contribution in [0, 0.1) is 13.8 Å². The number of hydrogen-bond donors (Lipinski definition) is 6. The first-order chi connectivity index (χ1) is 18.0. The number of thioether (sulfide) groups is 1. The Bertz CT molecular complexity index is 1560. The summed E-state index contributed by atoms with van der Waals surface area (Å²) in [6.45, 7) is 3.89. The third-order valence-electron chi connectivity index (χ3n) is 5.94. The highest BCUT2D eigenvalue weighted by Gasteiger charge is 2.34. The molecule has 1 aromatic heterocycles. The van der Waals surface area contributed by atoms with Crippen molar-refractivity contribution in [2.45, 2.75) is 31.6 Å². The smallest absolute Gasteiger partial charge is 0.328 e. The van der Waals surface area contributed by atoms with Crippen molar-refractivity contribution in [1.82, 2.24) is 15.3 Å².